The number of rotatable bonds is 9. The highest BCUT2D eigenvalue weighted by atomic mass is 16.5. The van der Waals surface area contributed by atoms with Crippen molar-refractivity contribution in [1.82, 2.24) is 19.7 Å². The lowest BCUT2D eigenvalue weighted by atomic mass is 9.96. The number of aromatic nitrogens is 3. The first kappa shape index (κ1) is 22.8. The van der Waals surface area contributed by atoms with Crippen molar-refractivity contribution in [1.29, 1.82) is 0 Å². The van der Waals surface area contributed by atoms with Crippen LogP contribution >= 0.6 is 0 Å². The molecular formula is C27H34N4O4. The van der Waals surface area contributed by atoms with Gasteiger partial charge in [-0.15, -0.1) is 0 Å². The highest BCUT2D eigenvalue weighted by Gasteiger charge is 2.30. The summed E-state index contributed by atoms with van der Waals surface area (Å²) in [4.78, 5) is 7.01. The van der Waals surface area contributed by atoms with Gasteiger partial charge in [0.25, 0.3) is 0 Å². The first-order valence-electron chi connectivity index (χ1n) is 13.0. The Morgan fingerprint density at radius 1 is 0.943 bits per heavy atom. The summed E-state index contributed by atoms with van der Waals surface area (Å²) in [5.41, 5.74) is 1.93. The molecule has 8 nitrogen and oxygen atoms in total. The molecular weight excluding hydrogens is 444 g/mol. The number of ether oxygens (including phenoxy) is 4. The van der Waals surface area contributed by atoms with Crippen molar-refractivity contribution in [2.24, 2.45) is 0 Å². The molecule has 3 fully saturated rings. The number of morpholine rings is 1. The van der Waals surface area contributed by atoms with E-state index >= 15 is 0 Å². The smallest absolute Gasteiger partial charge is 0.168 e. The third-order valence-corrected chi connectivity index (χ3v) is 7.14. The standard InChI is InChI=1S/C27H34N4O4/c1(10-30-11-16-33-17-12-30)13-34-22-4-5-23-24(18-22)28-9-6-25(23)35-26-19-31(21-2-3-21)29-27(26)20-7-14-32-15-8-20/h4-6,9,18-21H,1-3,7-8,10-17H2. The molecule has 0 spiro atoms. The van der Waals surface area contributed by atoms with Crippen molar-refractivity contribution in [2.45, 2.75) is 44.1 Å². The van der Waals surface area contributed by atoms with Gasteiger partial charge in [0, 0.05) is 56.4 Å². The fraction of sp³-hybridized carbons (Fsp3) is 0.556. The lowest BCUT2D eigenvalue weighted by Gasteiger charge is -2.26. The molecule has 8 heteroatoms. The van der Waals surface area contributed by atoms with Gasteiger partial charge >= 0.3 is 0 Å². The Morgan fingerprint density at radius 2 is 1.77 bits per heavy atom. The Bertz CT molecular complexity index is 1130. The average molecular weight is 479 g/mol. The van der Waals surface area contributed by atoms with Gasteiger partial charge < -0.3 is 18.9 Å². The van der Waals surface area contributed by atoms with Gasteiger partial charge in [0.05, 0.1) is 37.6 Å². The van der Waals surface area contributed by atoms with Gasteiger partial charge in [-0.25, -0.2) is 0 Å². The summed E-state index contributed by atoms with van der Waals surface area (Å²) in [6.45, 7) is 6.99. The molecule has 0 amide bonds. The summed E-state index contributed by atoms with van der Waals surface area (Å²) in [7, 11) is 0. The van der Waals surface area contributed by atoms with E-state index in [1.54, 1.807) is 6.20 Å². The largest absolute Gasteiger partial charge is 0.493 e. The van der Waals surface area contributed by atoms with Crippen molar-refractivity contribution >= 4 is 10.9 Å². The molecule has 4 heterocycles. The Morgan fingerprint density at radius 3 is 2.60 bits per heavy atom. The van der Waals surface area contributed by atoms with Crippen molar-refractivity contribution in [3.8, 4) is 17.2 Å². The van der Waals surface area contributed by atoms with Crippen molar-refractivity contribution in [2.75, 3.05) is 52.7 Å². The number of hydrogen-bond donors (Lipinski definition) is 0. The number of fused-ring (bicyclic) bond motifs is 1. The maximum absolute atomic E-state index is 6.52. The van der Waals surface area contributed by atoms with Crippen LogP contribution in [0.25, 0.3) is 10.9 Å². The molecule has 3 aromatic rings. The quantitative estimate of drug-likeness (QED) is 0.418. The number of benzene rings is 1. The summed E-state index contributed by atoms with van der Waals surface area (Å²) in [6, 6.07) is 8.52. The van der Waals surface area contributed by atoms with Crippen molar-refractivity contribution < 1.29 is 18.9 Å². The van der Waals surface area contributed by atoms with Crippen molar-refractivity contribution in [3.05, 3.63) is 42.4 Å². The van der Waals surface area contributed by atoms with Crippen LogP contribution in [0.3, 0.4) is 0 Å². The normalized spacial score (nSPS) is 19.8. The zero-order valence-electron chi connectivity index (χ0n) is 20.2. The molecule has 2 saturated heterocycles. The third kappa shape index (κ3) is 5.44. The van der Waals surface area contributed by atoms with Gasteiger partial charge in [-0.05, 0) is 50.3 Å². The third-order valence-electron chi connectivity index (χ3n) is 7.14. The molecule has 3 aliphatic rings. The predicted octanol–water partition coefficient (Wildman–Crippen LogP) is 4.55. The first-order chi connectivity index (χ1) is 17.3. The number of pyridine rings is 1. The van der Waals surface area contributed by atoms with Gasteiger partial charge in [-0.3, -0.25) is 14.6 Å². The molecule has 0 N–H and O–H groups in total. The minimum atomic E-state index is 0.379. The Balaban J connectivity index is 1.15. The Hall–Kier alpha value is -2.68. The van der Waals surface area contributed by atoms with Crippen LogP contribution in [-0.2, 0) is 9.47 Å². The molecule has 0 unspecified atom stereocenters. The molecule has 0 bridgehead atoms. The van der Waals surface area contributed by atoms with E-state index in [4.69, 9.17) is 24.0 Å². The van der Waals surface area contributed by atoms with Gasteiger partial charge in [0.2, 0.25) is 0 Å². The molecule has 0 radical (unpaired) electrons. The fourth-order valence-corrected chi connectivity index (χ4v) is 4.95. The minimum Gasteiger partial charge on any atom is -0.493 e. The van der Waals surface area contributed by atoms with Crippen LogP contribution in [0.5, 0.6) is 17.2 Å². The summed E-state index contributed by atoms with van der Waals surface area (Å²) < 4.78 is 25.7. The maximum atomic E-state index is 6.52. The summed E-state index contributed by atoms with van der Waals surface area (Å²) in [5.74, 6) is 2.88. The zero-order valence-corrected chi connectivity index (χ0v) is 20.2. The van der Waals surface area contributed by atoms with Crippen LogP contribution in [0.1, 0.15) is 49.8 Å². The topological polar surface area (TPSA) is 70.9 Å². The second kappa shape index (κ2) is 10.5. The Kier molecular flexibility index (Phi) is 6.84. The maximum Gasteiger partial charge on any atom is 0.168 e. The number of nitrogens with zero attached hydrogens (tertiary/aromatic N) is 4. The number of hydrogen-bond acceptors (Lipinski definition) is 7. The molecule has 1 aromatic carbocycles. The molecule has 6 rings (SSSR count). The zero-order chi connectivity index (χ0) is 23.5. The van der Waals surface area contributed by atoms with Crippen LogP contribution in [0.2, 0.25) is 0 Å². The first-order valence-corrected chi connectivity index (χ1v) is 13.0. The molecule has 1 saturated carbocycles. The van der Waals surface area contributed by atoms with E-state index in [1.807, 2.05) is 18.2 Å². The second-order valence-corrected chi connectivity index (χ2v) is 9.72. The van der Waals surface area contributed by atoms with E-state index in [0.29, 0.717) is 18.6 Å². The molecule has 35 heavy (non-hydrogen) atoms. The van der Waals surface area contributed by atoms with E-state index in [9.17, 15) is 0 Å². The van der Waals surface area contributed by atoms with E-state index in [-0.39, 0.29) is 0 Å². The lowest BCUT2D eigenvalue weighted by molar-refractivity contribution is 0.0358. The SMILES string of the molecule is c1cc(Oc2cn(C3CC3)nc2C2CCOCC2)c2ccc(OCCCN3CCOCC3)cc2n1. The summed E-state index contributed by atoms with van der Waals surface area (Å²) >= 11 is 0. The van der Waals surface area contributed by atoms with Crippen LogP contribution in [-0.4, -0.2) is 72.3 Å². The highest BCUT2D eigenvalue weighted by molar-refractivity contribution is 5.86. The minimum absolute atomic E-state index is 0.379. The average Bonchev–Trinajstić information content (AvgIpc) is 3.68. The predicted molar refractivity (Wildman–Crippen MR) is 132 cm³/mol. The molecule has 1 aliphatic carbocycles. The van der Waals surface area contributed by atoms with E-state index < -0.39 is 0 Å². The monoisotopic (exact) mass is 478 g/mol. The molecule has 0 atom stereocenters. The van der Waals surface area contributed by atoms with Gasteiger partial charge in [0.15, 0.2) is 5.75 Å². The molecule has 2 aliphatic heterocycles. The van der Waals surface area contributed by atoms with E-state index in [1.165, 1.54) is 12.8 Å². The summed E-state index contributed by atoms with van der Waals surface area (Å²) in [6.07, 6.45) is 9.25. The fourth-order valence-electron chi connectivity index (χ4n) is 4.95. The van der Waals surface area contributed by atoms with Crippen LogP contribution in [0, 0.1) is 0 Å². The van der Waals surface area contributed by atoms with Crippen LogP contribution in [0.4, 0.5) is 0 Å². The summed E-state index contributed by atoms with van der Waals surface area (Å²) in [5, 5.41) is 5.93. The Labute approximate surface area is 206 Å². The van der Waals surface area contributed by atoms with E-state index in [0.717, 1.165) is 99.2 Å². The highest BCUT2D eigenvalue weighted by Crippen LogP contribution is 2.41. The van der Waals surface area contributed by atoms with Gasteiger partial charge in [-0.2, -0.15) is 5.10 Å². The molecule has 186 valence electrons. The second-order valence-electron chi connectivity index (χ2n) is 9.72. The van der Waals surface area contributed by atoms with Gasteiger partial charge in [-0.1, -0.05) is 0 Å². The van der Waals surface area contributed by atoms with E-state index in [2.05, 4.69) is 26.8 Å². The van der Waals surface area contributed by atoms with Crippen molar-refractivity contribution in [3.63, 3.8) is 0 Å². The molecule has 2 aromatic heterocycles. The lowest BCUT2D eigenvalue weighted by Crippen LogP contribution is -2.37. The van der Waals surface area contributed by atoms with Crippen LogP contribution < -0.4 is 9.47 Å². The van der Waals surface area contributed by atoms with Gasteiger partial charge in [0.1, 0.15) is 17.2 Å². The van der Waals surface area contributed by atoms with Crippen LogP contribution in [0.15, 0.2) is 36.7 Å².